The number of hydrogen-bond donors (Lipinski definition) is 0. The van der Waals surface area contributed by atoms with Crippen LogP contribution in [0, 0.1) is 5.41 Å². The van der Waals surface area contributed by atoms with E-state index in [0.717, 1.165) is 13.5 Å². The molecule has 9 nitrogen and oxygen atoms in total. The molecular formula is C20H33NO8. The van der Waals surface area contributed by atoms with Crippen molar-refractivity contribution in [1.29, 1.82) is 0 Å². The number of nitrogens with zero attached hydrogens (tertiary/aromatic N) is 1. The maximum Gasteiger partial charge on any atom is 0.420 e. The van der Waals surface area contributed by atoms with Crippen molar-refractivity contribution in [3.05, 3.63) is 0 Å². The number of ether oxygens (including phenoxy) is 4. The van der Waals surface area contributed by atoms with Crippen LogP contribution in [0.3, 0.4) is 0 Å². The summed E-state index contributed by atoms with van der Waals surface area (Å²) in [6.07, 6.45) is -0.525. The Balaban J connectivity index is 3.35. The van der Waals surface area contributed by atoms with Crippen LogP contribution in [0.15, 0.2) is 0 Å². The topological polar surface area (TPSA) is 108 Å². The summed E-state index contributed by atoms with van der Waals surface area (Å²) in [4.78, 5) is 51.3. The molecule has 29 heavy (non-hydrogen) atoms. The van der Waals surface area contributed by atoms with E-state index in [2.05, 4.69) is 0 Å². The molecule has 1 unspecified atom stereocenters. The zero-order chi connectivity index (χ0) is 22.6. The Labute approximate surface area is 172 Å². The lowest BCUT2D eigenvalue weighted by atomic mass is 9.65. The normalized spacial score (nSPS) is 16.7. The molecule has 0 heterocycles. The molecule has 1 atom stereocenters. The van der Waals surface area contributed by atoms with Gasteiger partial charge in [0.1, 0.15) is 17.2 Å². The Morgan fingerprint density at radius 2 is 1.31 bits per heavy atom. The number of hydrogen-bond acceptors (Lipinski definition) is 8. The Bertz CT molecular complexity index is 612. The first-order chi connectivity index (χ1) is 13.2. The van der Waals surface area contributed by atoms with Crippen LogP contribution >= 0.6 is 0 Å². The second-order valence-corrected chi connectivity index (χ2v) is 9.20. The first-order valence-electron chi connectivity index (χ1n) is 9.57. The molecule has 0 saturated heterocycles. The molecule has 1 fully saturated rings. The minimum Gasteiger partial charge on any atom is -0.469 e. The van der Waals surface area contributed by atoms with Gasteiger partial charge in [-0.3, -0.25) is 4.79 Å². The van der Waals surface area contributed by atoms with E-state index in [1.807, 2.05) is 0 Å². The lowest BCUT2D eigenvalue weighted by Crippen LogP contribution is -2.55. The summed E-state index contributed by atoms with van der Waals surface area (Å²) in [7, 11) is 2.40. The van der Waals surface area contributed by atoms with Gasteiger partial charge >= 0.3 is 24.1 Å². The monoisotopic (exact) mass is 415 g/mol. The summed E-state index contributed by atoms with van der Waals surface area (Å²) < 4.78 is 20.4. The molecule has 1 aliphatic carbocycles. The van der Waals surface area contributed by atoms with E-state index in [4.69, 9.17) is 18.9 Å². The summed E-state index contributed by atoms with van der Waals surface area (Å²) in [5.41, 5.74) is -2.82. The van der Waals surface area contributed by atoms with Crippen molar-refractivity contribution in [1.82, 2.24) is 4.90 Å². The fraction of sp³-hybridized carbons (Fsp3) is 0.800. The number of rotatable bonds is 5. The van der Waals surface area contributed by atoms with Crippen LogP contribution in [0.1, 0.15) is 67.2 Å². The zero-order valence-corrected chi connectivity index (χ0v) is 18.6. The van der Waals surface area contributed by atoms with E-state index >= 15 is 0 Å². The fourth-order valence-corrected chi connectivity index (χ4v) is 3.05. The highest BCUT2D eigenvalue weighted by Gasteiger charge is 2.52. The third-order valence-electron chi connectivity index (χ3n) is 4.48. The molecule has 0 aromatic carbocycles. The molecule has 1 saturated carbocycles. The molecule has 0 aromatic rings. The third-order valence-corrected chi connectivity index (χ3v) is 4.48. The van der Waals surface area contributed by atoms with Crippen molar-refractivity contribution in [2.45, 2.75) is 84.5 Å². The van der Waals surface area contributed by atoms with Gasteiger partial charge in [-0.1, -0.05) is 6.42 Å². The van der Waals surface area contributed by atoms with Crippen molar-refractivity contribution in [3.8, 4) is 0 Å². The van der Waals surface area contributed by atoms with Gasteiger partial charge in [-0.15, -0.1) is 0 Å². The molecule has 0 bridgehead atoms. The number of imide groups is 1. The van der Waals surface area contributed by atoms with Crippen LogP contribution in [-0.2, 0) is 28.5 Å². The Kier molecular flexibility index (Phi) is 7.67. The van der Waals surface area contributed by atoms with Gasteiger partial charge in [0, 0.05) is 0 Å². The van der Waals surface area contributed by atoms with Crippen molar-refractivity contribution in [3.63, 3.8) is 0 Å². The van der Waals surface area contributed by atoms with Crippen molar-refractivity contribution >= 4 is 24.1 Å². The molecular weight excluding hydrogens is 382 g/mol. The third kappa shape index (κ3) is 6.61. The van der Waals surface area contributed by atoms with Gasteiger partial charge in [0.2, 0.25) is 0 Å². The lowest BCUT2D eigenvalue weighted by molar-refractivity contribution is -0.163. The van der Waals surface area contributed by atoms with Crippen molar-refractivity contribution in [2.75, 3.05) is 14.2 Å². The number of esters is 2. The molecule has 0 aliphatic heterocycles. The minimum atomic E-state index is -1.40. The Morgan fingerprint density at radius 3 is 1.59 bits per heavy atom. The number of carbonyl (C=O) groups is 4. The zero-order valence-electron chi connectivity index (χ0n) is 18.6. The fourth-order valence-electron chi connectivity index (χ4n) is 3.05. The lowest BCUT2D eigenvalue weighted by Gasteiger charge is -2.42. The van der Waals surface area contributed by atoms with Crippen LogP contribution in [-0.4, -0.2) is 60.5 Å². The molecule has 0 aromatic heterocycles. The second kappa shape index (κ2) is 9.00. The standard InChI is InChI=1S/C20H33NO8/c1-18(2,3)28-16(24)21(17(25)29-19(4,5)6)13(14(22)26-7)12-20(10-9-11-20)15(23)27-8/h13H,9-12H2,1-8H3. The number of methoxy groups -OCH3 is 2. The van der Waals surface area contributed by atoms with Gasteiger partial charge in [0.15, 0.2) is 0 Å². The first kappa shape index (κ1) is 24.7. The van der Waals surface area contributed by atoms with Gasteiger partial charge < -0.3 is 18.9 Å². The van der Waals surface area contributed by atoms with Crippen LogP contribution in [0.25, 0.3) is 0 Å². The van der Waals surface area contributed by atoms with Crippen LogP contribution < -0.4 is 0 Å². The van der Waals surface area contributed by atoms with E-state index in [9.17, 15) is 19.2 Å². The average Bonchev–Trinajstić information content (AvgIpc) is 2.51. The van der Waals surface area contributed by atoms with Gasteiger partial charge in [0.05, 0.1) is 19.6 Å². The second-order valence-electron chi connectivity index (χ2n) is 9.20. The molecule has 2 amide bonds. The predicted molar refractivity (Wildman–Crippen MR) is 103 cm³/mol. The predicted octanol–water partition coefficient (Wildman–Crippen LogP) is 3.43. The number of amides is 2. The minimum absolute atomic E-state index is 0.134. The van der Waals surface area contributed by atoms with E-state index in [1.165, 1.54) is 7.11 Å². The summed E-state index contributed by atoms with van der Waals surface area (Å²) in [6, 6.07) is -1.40. The van der Waals surface area contributed by atoms with Gasteiger partial charge in [-0.25, -0.2) is 14.4 Å². The summed E-state index contributed by atoms with van der Waals surface area (Å²) >= 11 is 0. The van der Waals surface area contributed by atoms with Gasteiger partial charge in [-0.05, 0) is 60.8 Å². The van der Waals surface area contributed by atoms with Crippen LogP contribution in [0.5, 0.6) is 0 Å². The van der Waals surface area contributed by atoms with Crippen molar-refractivity contribution in [2.24, 2.45) is 5.41 Å². The molecule has 0 N–H and O–H groups in total. The Morgan fingerprint density at radius 1 is 0.862 bits per heavy atom. The highest BCUT2D eigenvalue weighted by atomic mass is 16.6. The first-order valence-corrected chi connectivity index (χ1v) is 9.57. The highest BCUT2D eigenvalue weighted by molar-refractivity contribution is 5.94. The number of carbonyl (C=O) groups excluding carboxylic acids is 4. The van der Waals surface area contributed by atoms with Gasteiger partial charge in [-0.2, -0.15) is 4.90 Å². The van der Waals surface area contributed by atoms with E-state index in [-0.39, 0.29) is 6.42 Å². The maximum atomic E-state index is 12.9. The molecule has 166 valence electrons. The smallest absolute Gasteiger partial charge is 0.420 e. The van der Waals surface area contributed by atoms with Crippen LogP contribution in [0.4, 0.5) is 9.59 Å². The summed E-state index contributed by atoms with van der Waals surface area (Å²) in [5.74, 6) is -1.34. The van der Waals surface area contributed by atoms with E-state index < -0.39 is 46.8 Å². The van der Waals surface area contributed by atoms with Crippen molar-refractivity contribution < 1.29 is 38.1 Å². The average molecular weight is 415 g/mol. The molecule has 1 rings (SSSR count). The summed E-state index contributed by atoms with van der Waals surface area (Å²) in [5, 5.41) is 0. The van der Waals surface area contributed by atoms with E-state index in [0.29, 0.717) is 17.7 Å². The van der Waals surface area contributed by atoms with Crippen LogP contribution in [0.2, 0.25) is 0 Å². The molecule has 1 aliphatic rings. The largest absolute Gasteiger partial charge is 0.469 e. The summed E-state index contributed by atoms with van der Waals surface area (Å²) in [6.45, 7) is 9.79. The van der Waals surface area contributed by atoms with Gasteiger partial charge in [0.25, 0.3) is 0 Å². The maximum absolute atomic E-state index is 12.9. The molecule has 9 heteroatoms. The Hall–Kier alpha value is -2.32. The quantitative estimate of drug-likeness (QED) is 0.496. The molecule has 0 spiro atoms. The SMILES string of the molecule is COC(=O)C(CC1(C(=O)OC)CCC1)N(C(=O)OC(C)(C)C)C(=O)OC(C)(C)C. The molecule has 0 radical (unpaired) electrons. The highest BCUT2D eigenvalue weighted by Crippen LogP contribution is 2.46. The van der Waals surface area contributed by atoms with E-state index in [1.54, 1.807) is 41.5 Å².